The highest BCUT2D eigenvalue weighted by atomic mass is 31.2. The summed E-state index contributed by atoms with van der Waals surface area (Å²) in [7, 11) is -0.647. The van der Waals surface area contributed by atoms with Crippen LogP contribution < -0.4 is 20.7 Å². The number of alkyl halides is 3. The summed E-state index contributed by atoms with van der Waals surface area (Å²) in [6, 6.07) is 7.78. The number of rotatable bonds is 16. The second kappa shape index (κ2) is 16.2. The van der Waals surface area contributed by atoms with Gasteiger partial charge in [0.25, 0.3) is 5.91 Å². The molecule has 4 aromatic rings. The molecule has 0 fully saturated rings. The number of aliphatic hydroxyl groups excluding tert-OH is 1. The maximum atomic E-state index is 14.1. The van der Waals surface area contributed by atoms with E-state index in [9.17, 15) is 22.5 Å². The Labute approximate surface area is 281 Å². The highest BCUT2D eigenvalue weighted by molar-refractivity contribution is 7.53. The Balaban J connectivity index is 1.68. The molecule has 14 nitrogen and oxygen atoms in total. The number of benzene rings is 1. The molecule has 0 aliphatic rings. The first-order valence-electron chi connectivity index (χ1n) is 15.3. The van der Waals surface area contributed by atoms with Gasteiger partial charge in [0, 0.05) is 38.2 Å². The van der Waals surface area contributed by atoms with Gasteiger partial charge in [-0.05, 0) is 57.0 Å². The largest absolute Gasteiger partial charge is 0.495 e. The Kier molecular flexibility index (Phi) is 12.3. The summed E-state index contributed by atoms with van der Waals surface area (Å²) < 4.78 is 73.3. The highest BCUT2D eigenvalue weighted by Crippen LogP contribution is 2.51. The number of halogens is 3. The van der Waals surface area contributed by atoms with E-state index in [1.165, 1.54) is 20.2 Å². The van der Waals surface area contributed by atoms with E-state index in [2.05, 4.69) is 36.0 Å². The lowest BCUT2D eigenvalue weighted by molar-refractivity contribution is -0.137. The maximum Gasteiger partial charge on any atom is 0.421 e. The van der Waals surface area contributed by atoms with Gasteiger partial charge in [-0.25, -0.2) is 9.97 Å². The third kappa shape index (κ3) is 9.32. The molecule has 0 aliphatic heterocycles. The molecule has 0 aliphatic carbocycles. The summed E-state index contributed by atoms with van der Waals surface area (Å²) in [4.78, 5) is 25.3. The Morgan fingerprint density at radius 1 is 1.06 bits per heavy atom. The van der Waals surface area contributed by atoms with Gasteiger partial charge in [0.1, 0.15) is 17.1 Å². The van der Waals surface area contributed by atoms with Gasteiger partial charge in [-0.3, -0.25) is 14.0 Å². The number of amides is 1. The summed E-state index contributed by atoms with van der Waals surface area (Å²) in [6.07, 6.45) is -2.06. The molecule has 0 saturated carbocycles. The number of hydrogen-bond acceptors (Lipinski definition) is 12. The smallest absolute Gasteiger partial charge is 0.421 e. The van der Waals surface area contributed by atoms with Crippen molar-refractivity contribution in [2.75, 3.05) is 44.6 Å². The molecule has 0 saturated heterocycles. The number of ether oxygens (including phenoxy) is 1. The van der Waals surface area contributed by atoms with Crippen LogP contribution in [0.2, 0.25) is 0 Å². The highest BCUT2D eigenvalue weighted by Gasteiger charge is 2.36. The first-order valence-corrected chi connectivity index (χ1v) is 17.0. The molecule has 264 valence electrons. The second-order valence-electron chi connectivity index (χ2n) is 10.5. The van der Waals surface area contributed by atoms with Gasteiger partial charge >= 0.3 is 13.8 Å². The van der Waals surface area contributed by atoms with E-state index in [1.54, 1.807) is 55.9 Å². The Hall–Kier alpha value is -4.57. The standard InChI is InChI=1S/C31H38F3N8O6P/c1-6-47-49(45,48-7-2)18-20-9-10-24(26(15-20)46-5)39-30-36-16-22(31(32,33)34)28(40-30)38-25-12-11-23(37-27(25)29(44)35-4)21-17-42(13-8-14-43)41-19(21)3/h9-12,15-17,43H,6-8,13-14,18H2,1-5H3,(H,35,44)(H2,36,38,39,40). The molecule has 0 atom stereocenters. The second-order valence-corrected chi connectivity index (χ2v) is 12.5. The molecular formula is C31H38F3N8O6P. The molecular weight excluding hydrogens is 668 g/mol. The van der Waals surface area contributed by atoms with E-state index in [0.29, 0.717) is 47.4 Å². The number of aromatic nitrogens is 5. The van der Waals surface area contributed by atoms with Crippen molar-refractivity contribution in [3.63, 3.8) is 0 Å². The van der Waals surface area contributed by atoms with Gasteiger partial charge in [-0.15, -0.1) is 0 Å². The van der Waals surface area contributed by atoms with Crippen molar-refractivity contribution in [3.05, 3.63) is 65.2 Å². The number of carbonyl (C=O) groups excluding carboxylic acids is 1. The number of aryl methyl sites for hydroxylation is 2. The van der Waals surface area contributed by atoms with Crippen LogP contribution in [-0.2, 0) is 32.5 Å². The number of nitrogens with one attached hydrogen (secondary N) is 3. The molecule has 0 spiro atoms. The zero-order valence-electron chi connectivity index (χ0n) is 27.6. The molecule has 0 radical (unpaired) electrons. The zero-order chi connectivity index (χ0) is 35.8. The average Bonchev–Trinajstić information content (AvgIpc) is 3.43. The summed E-state index contributed by atoms with van der Waals surface area (Å²) in [5.74, 6) is -1.24. The minimum Gasteiger partial charge on any atom is -0.495 e. The van der Waals surface area contributed by atoms with Crippen LogP contribution in [-0.4, -0.2) is 69.7 Å². The molecule has 18 heteroatoms. The van der Waals surface area contributed by atoms with E-state index >= 15 is 0 Å². The van der Waals surface area contributed by atoms with Crippen LogP contribution in [0.5, 0.6) is 5.75 Å². The Bertz CT molecular complexity index is 1810. The molecule has 0 bridgehead atoms. The minimum atomic E-state index is -4.85. The SMILES string of the molecule is CCOP(=O)(Cc1ccc(Nc2ncc(C(F)(F)F)c(Nc3ccc(-c4cn(CCCO)nc4C)nc3C(=O)NC)n2)c(OC)c1)OCC. The first kappa shape index (κ1) is 37.3. The lowest BCUT2D eigenvalue weighted by Gasteiger charge is -2.19. The number of aliphatic hydroxyl groups is 1. The van der Waals surface area contributed by atoms with Crippen LogP contribution in [0.4, 0.5) is 36.3 Å². The molecule has 1 aromatic carbocycles. The van der Waals surface area contributed by atoms with Gasteiger partial charge in [0.2, 0.25) is 5.95 Å². The molecule has 3 heterocycles. The van der Waals surface area contributed by atoms with E-state index < -0.39 is 31.1 Å². The minimum absolute atomic E-state index is 0.0122. The molecule has 49 heavy (non-hydrogen) atoms. The van der Waals surface area contributed by atoms with Gasteiger partial charge in [0.15, 0.2) is 5.69 Å². The first-order chi connectivity index (χ1) is 23.3. The third-order valence-electron chi connectivity index (χ3n) is 6.99. The predicted molar refractivity (Wildman–Crippen MR) is 176 cm³/mol. The molecule has 4 rings (SSSR count). The number of hydrogen-bond donors (Lipinski definition) is 4. The van der Waals surface area contributed by atoms with E-state index in [4.69, 9.17) is 18.9 Å². The number of pyridine rings is 1. The fraction of sp³-hybridized carbons (Fsp3) is 0.387. The van der Waals surface area contributed by atoms with Crippen molar-refractivity contribution < 1.29 is 41.4 Å². The van der Waals surface area contributed by atoms with Crippen molar-refractivity contribution in [2.45, 2.75) is 46.1 Å². The monoisotopic (exact) mass is 706 g/mol. The maximum absolute atomic E-state index is 14.1. The van der Waals surface area contributed by atoms with Crippen molar-refractivity contribution in [2.24, 2.45) is 0 Å². The Morgan fingerprint density at radius 2 is 1.78 bits per heavy atom. The fourth-order valence-corrected chi connectivity index (χ4v) is 6.48. The number of carbonyl (C=O) groups is 1. The van der Waals surface area contributed by atoms with E-state index in [-0.39, 0.29) is 49.1 Å². The van der Waals surface area contributed by atoms with Crippen molar-refractivity contribution in [1.29, 1.82) is 0 Å². The molecule has 0 unspecified atom stereocenters. The van der Waals surface area contributed by atoms with Gasteiger partial charge in [0.05, 0.1) is 49.2 Å². The van der Waals surface area contributed by atoms with Crippen LogP contribution in [0, 0.1) is 6.92 Å². The lowest BCUT2D eigenvalue weighted by Crippen LogP contribution is -2.21. The number of nitrogens with zero attached hydrogens (tertiary/aromatic N) is 5. The fourth-order valence-electron chi connectivity index (χ4n) is 4.79. The van der Waals surface area contributed by atoms with Crippen LogP contribution in [0.15, 0.2) is 42.7 Å². The van der Waals surface area contributed by atoms with Crippen molar-refractivity contribution in [1.82, 2.24) is 30.0 Å². The number of methoxy groups -OCH3 is 1. The van der Waals surface area contributed by atoms with E-state index in [0.717, 1.165) is 0 Å². The van der Waals surface area contributed by atoms with E-state index in [1.807, 2.05) is 0 Å². The summed E-state index contributed by atoms with van der Waals surface area (Å²) in [5, 5.41) is 21.5. The molecule has 4 N–H and O–H groups in total. The van der Waals surface area contributed by atoms with Gasteiger partial charge < -0.3 is 34.8 Å². The van der Waals surface area contributed by atoms with Crippen LogP contribution in [0.25, 0.3) is 11.3 Å². The topological polar surface area (TPSA) is 175 Å². The summed E-state index contributed by atoms with van der Waals surface area (Å²) >= 11 is 0. The zero-order valence-corrected chi connectivity index (χ0v) is 28.5. The van der Waals surface area contributed by atoms with Gasteiger partial charge in [-0.1, -0.05) is 6.07 Å². The van der Waals surface area contributed by atoms with Crippen LogP contribution in [0.3, 0.4) is 0 Å². The molecule has 1 amide bonds. The predicted octanol–water partition coefficient (Wildman–Crippen LogP) is 6.07. The Morgan fingerprint density at radius 3 is 2.41 bits per heavy atom. The average molecular weight is 707 g/mol. The van der Waals surface area contributed by atoms with Gasteiger partial charge in [-0.2, -0.15) is 23.3 Å². The summed E-state index contributed by atoms with van der Waals surface area (Å²) in [5.41, 5.74) is 1.07. The lowest BCUT2D eigenvalue weighted by atomic mass is 10.1. The summed E-state index contributed by atoms with van der Waals surface area (Å²) in [6.45, 7) is 6.00. The third-order valence-corrected chi connectivity index (χ3v) is 9.05. The quantitative estimate of drug-likeness (QED) is 0.0993. The van der Waals surface area contributed by atoms with Crippen molar-refractivity contribution >= 4 is 36.6 Å². The normalized spacial score (nSPS) is 11.8. The van der Waals surface area contributed by atoms with Crippen LogP contribution >= 0.6 is 7.60 Å². The van der Waals surface area contributed by atoms with Crippen LogP contribution in [0.1, 0.15) is 47.6 Å². The molecule has 3 aromatic heterocycles. The number of anilines is 4. The van der Waals surface area contributed by atoms with Crippen molar-refractivity contribution in [3.8, 4) is 17.0 Å².